The molecule has 2 aromatic carbocycles. The number of amides is 2. The zero-order valence-corrected chi connectivity index (χ0v) is 15.1. The van der Waals surface area contributed by atoms with E-state index >= 15 is 0 Å². The quantitative estimate of drug-likeness (QED) is 0.809. The van der Waals surface area contributed by atoms with E-state index in [-0.39, 0.29) is 24.3 Å². The van der Waals surface area contributed by atoms with Gasteiger partial charge in [-0.15, -0.1) is 0 Å². The lowest BCUT2D eigenvalue weighted by molar-refractivity contribution is -0.121. The van der Waals surface area contributed by atoms with Crippen LogP contribution in [0, 0.1) is 13.8 Å². The number of carbonyl (C=O) groups is 2. The molecule has 0 saturated carbocycles. The molecule has 2 rings (SSSR count). The second-order valence-corrected chi connectivity index (χ2v) is 6.26. The molecule has 0 bridgehead atoms. The van der Waals surface area contributed by atoms with E-state index in [1.807, 2.05) is 63.2 Å². The van der Waals surface area contributed by atoms with Crippen molar-refractivity contribution >= 4 is 11.8 Å². The van der Waals surface area contributed by atoms with Crippen LogP contribution in [-0.2, 0) is 4.79 Å². The van der Waals surface area contributed by atoms with E-state index < -0.39 is 0 Å². The average Bonchev–Trinajstić information content (AvgIpc) is 2.61. The molecule has 2 N–H and O–H groups in total. The summed E-state index contributed by atoms with van der Waals surface area (Å²) in [5.74, 6) is -0.200. The number of benzene rings is 2. The first-order valence-electron chi connectivity index (χ1n) is 8.71. The highest BCUT2D eigenvalue weighted by atomic mass is 16.2. The fourth-order valence-corrected chi connectivity index (χ4v) is 2.70. The molecule has 1 atom stereocenters. The summed E-state index contributed by atoms with van der Waals surface area (Å²) in [5, 5.41) is 5.85. The minimum atomic E-state index is -0.142. The van der Waals surface area contributed by atoms with Gasteiger partial charge >= 0.3 is 0 Å². The fourth-order valence-electron chi connectivity index (χ4n) is 2.70. The van der Waals surface area contributed by atoms with Gasteiger partial charge in [0.1, 0.15) is 0 Å². The van der Waals surface area contributed by atoms with Gasteiger partial charge in [0.2, 0.25) is 5.91 Å². The Labute approximate surface area is 149 Å². The second kappa shape index (κ2) is 9.02. The lowest BCUT2D eigenvalue weighted by Gasteiger charge is -2.18. The summed E-state index contributed by atoms with van der Waals surface area (Å²) in [5.41, 5.74) is 3.87. The Morgan fingerprint density at radius 1 is 1.00 bits per heavy atom. The van der Waals surface area contributed by atoms with Crippen LogP contribution in [0.5, 0.6) is 0 Å². The maximum Gasteiger partial charge on any atom is 0.251 e. The zero-order chi connectivity index (χ0) is 18.2. The Morgan fingerprint density at radius 2 is 1.68 bits per heavy atom. The summed E-state index contributed by atoms with van der Waals surface area (Å²) < 4.78 is 0. The number of nitrogens with one attached hydrogen (secondary N) is 2. The number of aryl methyl sites for hydroxylation is 2. The van der Waals surface area contributed by atoms with Crippen molar-refractivity contribution < 1.29 is 9.59 Å². The molecule has 4 nitrogen and oxygen atoms in total. The lowest BCUT2D eigenvalue weighted by atomic mass is 10.0. The molecule has 0 heterocycles. The van der Waals surface area contributed by atoms with Crippen molar-refractivity contribution in [1.29, 1.82) is 0 Å². The van der Waals surface area contributed by atoms with E-state index in [2.05, 4.69) is 10.6 Å². The third kappa shape index (κ3) is 5.45. The van der Waals surface area contributed by atoms with Crippen LogP contribution in [0.25, 0.3) is 0 Å². The van der Waals surface area contributed by atoms with Crippen LogP contribution in [0.3, 0.4) is 0 Å². The van der Waals surface area contributed by atoms with Crippen molar-refractivity contribution in [3.05, 3.63) is 70.8 Å². The van der Waals surface area contributed by atoms with Crippen LogP contribution in [0.2, 0.25) is 0 Å². The van der Waals surface area contributed by atoms with Gasteiger partial charge < -0.3 is 10.6 Å². The first-order chi connectivity index (χ1) is 12.0. The monoisotopic (exact) mass is 338 g/mol. The Hall–Kier alpha value is -2.62. The van der Waals surface area contributed by atoms with Crippen LogP contribution in [0.15, 0.2) is 48.5 Å². The average molecular weight is 338 g/mol. The first kappa shape index (κ1) is 18.7. The number of hydrogen-bond acceptors (Lipinski definition) is 2. The highest BCUT2D eigenvalue weighted by molar-refractivity contribution is 5.95. The van der Waals surface area contributed by atoms with Gasteiger partial charge in [0.15, 0.2) is 0 Å². The number of rotatable bonds is 7. The molecule has 0 aliphatic rings. The molecule has 25 heavy (non-hydrogen) atoms. The van der Waals surface area contributed by atoms with Gasteiger partial charge in [-0.3, -0.25) is 9.59 Å². The standard InChI is InChI=1S/C21H26N2O2/c1-4-19(17-11-9-15(2)10-12-17)23-20(24)13-14-22-21(25)18-8-6-5-7-16(18)3/h5-12,19H,4,13-14H2,1-3H3,(H,22,25)(H,23,24)/t19-/m0/s1. The van der Waals surface area contributed by atoms with Crippen molar-refractivity contribution in [1.82, 2.24) is 10.6 Å². The van der Waals surface area contributed by atoms with Crippen molar-refractivity contribution in [3.63, 3.8) is 0 Å². The van der Waals surface area contributed by atoms with Crippen LogP contribution in [0.1, 0.15) is 52.9 Å². The van der Waals surface area contributed by atoms with Crippen molar-refractivity contribution in [2.24, 2.45) is 0 Å². The van der Waals surface area contributed by atoms with E-state index in [4.69, 9.17) is 0 Å². The molecule has 0 aliphatic heterocycles. The number of carbonyl (C=O) groups excluding carboxylic acids is 2. The second-order valence-electron chi connectivity index (χ2n) is 6.26. The lowest BCUT2D eigenvalue weighted by Crippen LogP contribution is -2.33. The smallest absolute Gasteiger partial charge is 0.251 e. The van der Waals surface area contributed by atoms with Crippen molar-refractivity contribution in [2.45, 2.75) is 39.7 Å². The molecule has 0 aliphatic carbocycles. The topological polar surface area (TPSA) is 58.2 Å². The van der Waals surface area contributed by atoms with Crippen molar-refractivity contribution in [3.8, 4) is 0 Å². The van der Waals surface area contributed by atoms with Crippen LogP contribution >= 0.6 is 0 Å². The maximum absolute atomic E-state index is 12.2. The van der Waals surface area contributed by atoms with Gasteiger partial charge in [0, 0.05) is 18.5 Å². The molecular weight excluding hydrogens is 312 g/mol. The molecular formula is C21H26N2O2. The molecule has 0 unspecified atom stereocenters. The molecule has 0 saturated heterocycles. The summed E-state index contributed by atoms with van der Waals surface area (Å²) in [6, 6.07) is 15.6. The third-order valence-electron chi connectivity index (χ3n) is 4.25. The molecule has 0 aromatic heterocycles. The van der Waals surface area contributed by atoms with E-state index in [1.54, 1.807) is 6.07 Å². The Balaban J connectivity index is 1.82. The highest BCUT2D eigenvalue weighted by Gasteiger charge is 2.13. The summed E-state index contributed by atoms with van der Waals surface area (Å²) in [6.45, 7) is 6.31. The molecule has 0 fully saturated rings. The number of hydrogen-bond donors (Lipinski definition) is 2. The van der Waals surface area contributed by atoms with Crippen molar-refractivity contribution in [2.75, 3.05) is 6.54 Å². The Kier molecular flexibility index (Phi) is 6.75. The minimum absolute atomic E-state index is 0.000157. The van der Waals surface area contributed by atoms with Crippen LogP contribution < -0.4 is 10.6 Å². The Morgan fingerprint density at radius 3 is 2.32 bits per heavy atom. The molecule has 2 aromatic rings. The van der Waals surface area contributed by atoms with Gasteiger partial charge in [0.05, 0.1) is 6.04 Å². The van der Waals surface area contributed by atoms with Crippen LogP contribution in [-0.4, -0.2) is 18.4 Å². The largest absolute Gasteiger partial charge is 0.352 e. The van der Waals surface area contributed by atoms with Gasteiger partial charge in [0.25, 0.3) is 5.91 Å². The normalized spacial score (nSPS) is 11.6. The molecule has 132 valence electrons. The molecule has 4 heteroatoms. The van der Waals surface area contributed by atoms with Gasteiger partial charge in [-0.1, -0.05) is 55.0 Å². The molecule has 0 radical (unpaired) electrons. The SMILES string of the molecule is CC[C@H](NC(=O)CCNC(=O)c1ccccc1C)c1ccc(C)cc1. The highest BCUT2D eigenvalue weighted by Crippen LogP contribution is 2.17. The predicted molar refractivity (Wildman–Crippen MR) is 100 cm³/mol. The van der Waals surface area contributed by atoms with E-state index in [1.165, 1.54) is 5.56 Å². The summed E-state index contributed by atoms with van der Waals surface area (Å²) in [6.07, 6.45) is 1.09. The van der Waals surface area contributed by atoms with Crippen LogP contribution in [0.4, 0.5) is 0 Å². The van der Waals surface area contributed by atoms with Gasteiger partial charge in [-0.25, -0.2) is 0 Å². The zero-order valence-electron chi connectivity index (χ0n) is 15.1. The van der Waals surface area contributed by atoms with E-state index in [0.29, 0.717) is 12.1 Å². The predicted octanol–water partition coefficient (Wildman–Crippen LogP) is 3.69. The van der Waals surface area contributed by atoms with E-state index in [0.717, 1.165) is 17.5 Å². The fraction of sp³-hybridized carbons (Fsp3) is 0.333. The van der Waals surface area contributed by atoms with Gasteiger partial charge in [-0.05, 0) is 37.5 Å². The summed E-state index contributed by atoms with van der Waals surface area (Å²) >= 11 is 0. The first-order valence-corrected chi connectivity index (χ1v) is 8.71. The van der Waals surface area contributed by atoms with E-state index in [9.17, 15) is 9.59 Å². The minimum Gasteiger partial charge on any atom is -0.352 e. The third-order valence-corrected chi connectivity index (χ3v) is 4.25. The molecule has 0 spiro atoms. The Bertz CT molecular complexity index is 723. The summed E-state index contributed by atoms with van der Waals surface area (Å²) in [7, 11) is 0. The maximum atomic E-state index is 12.2. The summed E-state index contributed by atoms with van der Waals surface area (Å²) in [4.78, 5) is 24.3. The van der Waals surface area contributed by atoms with Gasteiger partial charge in [-0.2, -0.15) is 0 Å². The molecule has 2 amide bonds.